The summed E-state index contributed by atoms with van der Waals surface area (Å²) in [5.74, 6) is 0.944. The lowest BCUT2D eigenvalue weighted by molar-refractivity contribution is -0.113. The van der Waals surface area contributed by atoms with Crippen molar-refractivity contribution in [3.05, 3.63) is 69.1 Å². The predicted octanol–water partition coefficient (Wildman–Crippen LogP) is 5.78. The second-order valence-corrected chi connectivity index (χ2v) is 8.54. The number of thioether (sulfide) groups is 1. The highest BCUT2D eigenvalue weighted by Crippen LogP contribution is 2.30. The Morgan fingerprint density at radius 3 is 2.70 bits per heavy atom. The zero-order valence-electron chi connectivity index (χ0n) is 14.4. The van der Waals surface area contributed by atoms with Crippen molar-refractivity contribution in [2.75, 3.05) is 18.2 Å². The number of amides is 1. The van der Waals surface area contributed by atoms with Gasteiger partial charge in [0.1, 0.15) is 5.75 Å². The van der Waals surface area contributed by atoms with Gasteiger partial charge in [-0.2, -0.15) is 0 Å². The van der Waals surface area contributed by atoms with Crippen LogP contribution in [0.4, 0.5) is 5.13 Å². The van der Waals surface area contributed by atoms with Crippen LogP contribution in [-0.2, 0) is 11.2 Å². The number of benzene rings is 2. The van der Waals surface area contributed by atoms with Crippen molar-refractivity contribution in [1.29, 1.82) is 0 Å². The Labute approximate surface area is 175 Å². The van der Waals surface area contributed by atoms with Crippen LogP contribution in [0, 0.1) is 0 Å². The fourth-order valence-electron chi connectivity index (χ4n) is 2.28. The molecule has 8 heteroatoms. The lowest BCUT2D eigenvalue weighted by Crippen LogP contribution is -2.13. The molecule has 1 N–H and O–H groups in total. The van der Waals surface area contributed by atoms with Crippen LogP contribution in [0.3, 0.4) is 0 Å². The minimum absolute atomic E-state index is 0.128. The number of halogens is 2. The zero-order chi connectivity index (χ0) is 19.2. The van der Waals surface area contributed by atoms with Crippen LogP contribution in [0.2, 0.25) is 10.0 Å². The van der Waals surface area contributed by atoms with Gasteiger partial charge in [0.25, 0.3) is 0 Å². The number of anilines is 1. The molecule has 0 aliphatic heterocycles. The summed E-state index contributed by atoms with van der Waals surface area (Å²) in [5.41, 5.74) is 1.16. The Balaban J connectivity index is 1.52. The molecule has 140 valence electrons. The molecule has 0 aliphatic carbocycles. The molecule has 0 saturated heterocycles. The van der Waals surface area contributed by atoms with E-state index in [-0.39, 0.29) is 11.7 Å². The monoisotopic (exact) mass is 438 g/mol. The number of carbonyl (C=O) groups excluding carboxylic acids is 1. The first-order valence-electron chi connectivity index (χ1n) is 7.99. The summed E-state index contributed by atoms with van der Waals surface area (Å²) < 4.78 is 5.16. The molecule has 0 radical (unpaired) electrons. The number of ether oxygens (including phenoxy) is 1. The van der Waals surface area contributed by atoms with Crippen LogP contribution in [-0.4, -0.2) is 23.8 Å². The number of rotatable bonds is 7. The summed E-state index contributed by atoms with van der Waals surface area (Å²) in [6, 6.07) is 13.1. The summed E-state index contributed by atoms with van der Waals surface area (Å²) >= 11 is 14.8. The van der Waals surface area contributed by atoms with Gasteiger partial charge < -0.3 is 10.1 Å². The molecule has 0 aliphatic rings. The highest BCUT2D eigenvalue weighted by molar-refractivity contribution is 8.00. The van der Waals surface area contributed by atoms with Gasteiger partial charge in [-0.1, -0.05) is 35.3 Å². The average Bonchev–Trinajstić information content (AvgIpc) is 3.08. The SMILES string of the molecule is COc1ccc(Cc2cnc(NC(=O)CSc3ccc(Cl)cc3Cl)s2)cc1. The summed E-state index contributed by atoms with van der Waals surface area (Å²) in [5, 5.41) is 4.52. The van der Waals surface area contributed by atoms with Crippen molar-refractivity contribution in [2.45, 2.75) is 11.3 Å². The van der Waals surface area contributed by atoms with Gasteiger partial charge in [-0.05, 0) is 35.9 Å². The third kappa shape index (κ3) is 5.87. The van der Waals surface area contributed by atoms with Gasteiger partial charge in [0.2, 0.25) is 5.91 Å². The minimum atomic E-state index is -0.128. The predicted molar refractivity (Wildman–Crippen MR) is 114 cm³/mol. The Hall–Kier alpha value is -1.73. The zero-order valence-corrected chi connectivity index (χ0v) is 17.5. The lowest BCUT2D eigenvalue weighted by Gasteiger charge is -2.04. The average molecular weight is 439 g/mol. The molecule has 2 aromatic carbocycles. The van der Waals surface area contributed by atoms with Crippen molar-refractivity contribution in [2.24, 2.45) is 0 Å². The van der Waals surface area contributed by atoms with Crippen LogP contribution < -0.4 is 10.1 Å². The van der Waals surface area contributed by atoms with Gasteiger partial charge in [0.15, 0.2) is 5.13 Å². The standard InChI is InChI=1S/C19H16Cl2N2O2S2/c1-25-14-5-2-12(3-6-14)8-15-10-22-19(27-15)23-18(24)11-26-17-7-4-13(20)9-16(17)21/h2-7,9-10H,8,11H2,1H3,(H,22,23,24). The van der Waals surface area contributed by atoms with E-state index in [2.05, 4.69) is 10.3 Å². The van der Waals surface area contributed by atoms with Crippen molar-refractivity contribution in [1.82, 2.24) is 4.98 Å². The molecule has 27 heavy (non-hydrogen) atoms. The highest BCUT2D eigenvalue weighted by Gasteiger charge is 2.10. The molecule has 3 rings (SSSR count). The summed E-state index contributed by atoms with van der Waals surface area (Å²) in [6.07, 6.45) is 2.54. The number of thiazole rings is 1. The first-order chi connectivity index (χ1) is 13.0. The summed E-state index contributed by atoms with van der Waals surface area (Å²) in [6.45, 7) is 0. The molecule has 4 nitrogen and oxygen atoms in total. The van der Waals surface area contributed by atoms with Gasteiger partial charge in [0.05, 0.1) is 17.9 Å². The van der Waals surface area contributed by atoms with E-state index in [4.69, 9.17) is 27.9 Å². The Morgan fingerprint density at radius 2 is 2.00 bits per heavy atom. The number of nitrogens with zero attached hydrogens (tertiary/aromatic N) is 1. The number of hydrogen-bond donors (Lipinski definition) is 1. The third-order valence-electron chi connectivity index (χ3n) is 3.59. The van der Waals surface area contributed by atoms with E-state index in [1.807, 2.05) is 24.3 Å². The second kappa shape index (κ2) is 9.46. The number of aromatic nitrogens is 1. The number of carbonyl (C=O) groups is 1. The van der Waals surface area contributed by atoms with Crippen molar-refractivity contribution in [3.63, 3.8) is 0 Å². The molecule has 0 saturated carbocycles. The van der Waals surface area contributed by atoms with E-state index in [0.717, 1.165) is 27.5 Å². The van der Waals surface area contributed by atoms with Crippen molar-refractivity contribution < 1.29 is 9.53 Å². The van der Waals surface area contributed by atoms with Crippen LogP contribution in [0.15, 0.2) is 53.6 Å². The van der Waals surface area contributed by atoms with Crippen molar-refractivity contribution >= 4 is 57.3 Å². The maximum Gasteiger partial charge on any atom is 0.236 e. The Kier molecular flexibility index (Phi) is 7.01. The Morgan fingerprint density at radius 1 is 1.22 bits per heavy atom. The molecule has 0 unspecified atom stereocenters. The molecule has 0 atom stereocenters. The van der Waals surface area contributed by atoms with Crippen molar-refractivity contribution in [3.8, 4) is 5.75 Å². The molecule has 1 aromatic heterocycles. The molecule has 0 fully saturated rings. The van der Waals surface area contributed by atoms with Crippen LogP contribution >= 0.6 is 46.3 Å². The van der Waals surface area contributed by atoms with Gasteiger partial charge in [-0.3, -0.25) is 4.79 Å². The highest BCUT2D eigenvalue weighted by atomic mass is 35.5. The van der Waals surface area contributed by atoms with E-state index < -0.39 is 0 Å². The van der Waals surface area contributed by atoms with E-state index in [1.54, 1.807) is 31.5 Å². The summed E-state index contributed by atoms with van der Waals surface area (Å²) in [7, 11) is 1.65. The van der Waals surface area contributed by atoms with E-state index in [1.165, 1.54) is 23.1 Å². The largest absolute Gasteiger partial charge is 0.497 e. The first-order valence-corrected chi connectivity index (χ1v) is 10.5. The van der Waals surface area contributed by atoms with Gasteiger partial charge in [-0.15, -0.1) is 23.1 Å². The second-order valence-electron chi connectivity index (χ2n) is 5.57. The molecule has 1 heterocycles. The van der Waals surface area contributed by atoms with Gasteiger partial charge in [0, 0.05) is 27.4 Å². The number of methoxy groups -OCH3 is 1. The number of nitrogens with one attached hydrogen (secondary N) is 1. The molecule has 1 amide bonds. The Bertz CT molecular complexity index is 930. The van der Waals surface area contributed by atoms with Gasteiger partial charge >= 0.3 is 0 Å². The molecular weight excluding hydrogens is 423 g/mol. The number of hydrogen-bond acceptors (Lipinski definition) is 5. The summed E-state index contributed by atoms with van der Waals surface area (Å²) in [4.78, 5) is 18.3. The van der Waals surface area contributed by atoms with Crippen LogP contribution in [0.25, 0.3) is 0 Å². The quantitative estimate of drug-likeness (QED) is 0.474. The minimum Gasteiger partial charge on any atom is -0.497 e. The molecule has 3 aromatic rings. The lowest BCUT2D eigenvalue weighted by atomic mass is 10.1. The van der Waals surface area contributed by atoms with Crippen LogP contribution in [0.1, 0.15) is 10.4 Å². The maximum absolute atomic E-state index is 12.2. The van der Waals surface area contributed by atoms with Crippen LogP contribution in [0.5, 0.6) is 5.75 Å². The fourth-order valence-corrected chi connectivity index (χ4v) is 4.44. The fraction of sp³-hybridized carbons (Fsp3) is 0.158. The van der Waals surface area contributed by atoms with E-state index in [9.17, 15) is 4.79 Å². The van der Waals surface area contributed by atoms with E-state index in [0.29, 0.717) is 15.2 Å². The molecule has 0 spiro atoms. The molecular formula is C19H16Cl2N2O2S2. The first kappa shape index (κ1) is 20.0. The van der Waals surface area contributed by atoms with E-state index >= 15 is 0 Å². The topological polar surface area (TPSA) is 51.2 Å². The molecule has 0 bridgehead atoms. The normalized spacial score (nSPS) is 10.6. The van der Waals surface area contributed by atoms with Gasteiger partial charge in [-0.25, -0.2) is 4.98 Å². The smallest absolute Gasteiger partial charge is 0.236 e. The maximum atomic E-state index is 12.2. The third-order valence-corrected chi connectivity index (χ3v) is 6.24.